The van der Waals surface area contributed by atoms with Gasteiger partial charge >= 0.3 is 0 Å². The minimum absolute atomic E-state index is 0.210. The van der Waals surface area contributed by atoms with E-state index in [0.29, 0.717) is 21.8 Å². The first-order valence-corrected chi connectivity index (χ1v) is 6.90. The molecule has 90 valence electrons. The minimum Gasteiger partial charge on any atom is -0.322 e. The predicted molar refractivity (Wildman–Crippen MR) is 76.1 cm³/mol. The lowest BCUT2D eigenvalue weighted by Gasteiger charge is -2.04. The van der Waals surface area contributed by atoms with Crippen molar-refractivity contribution in [3.63, 3.8) is 0 Å². The maximum absolute atomic E-state index is 11.9. The van der Waals surface area contributed by atoms with E-state index in [4.69, 9.17) is 16.9 Å². The summed E-state index contributed by atoms with van der Waals surface area (Å²) in [6, 6.07) is 8.47. The van der Waals surface area contributed by atoms with Crippen molar-refractivity contribution in [1.82, 2.24) is 0 Å². The Morgan fingerprint density at radius 1 is 1.44 bits per heavy atom. The fourth-order valence-corrected chi connectivity index (χ4v) is 2.68. The van der Waals surface area contributed by atoms with E-state index in [2.05, 4.69) is 21.2 Å². The SMILES string of the molecule is N#Cc1ccc(NC(=O)c2csc(Br)c2)cc1Cl. The Hall–Kier alpha value is -1.35. The summed E-state index contributed by atoms with van der Waals surface area (Å²) < 4.78 is 0.894. The molecule has 0 aliphatic carbocycles. The highest BCUT2D eigenvalue weighted by molar-refractivity contribution is 9.11. The summed E-state index contributed by atoms with van der Waals surface area (Å²) in [7, 11) is 0. The van der Waals surface area contributed by atoms with Gasteiger partial charge in [-0.1, -0.05) is 11.6 Å². The lowest BCUT2D eigenvalue weighted by molar-refractivity contribution is 0.102. The molecule has 1 amide bonds. The number of amides is 1. The fourth-order valence-electron chi connectivity index (χ4n) is 1.32. The van der Waals surface area contributed by atoms with Gasteiger partial charge in [0, 0.05) is 11.1 Å². The number of carbonyl (C=O) groups excluding carboxylic acids is 1. The number of anilines is 1. The van der Waals surface area contributed by atoms with Crippen LogP contribution in [0.25, 0.3) is 0 Å². The molecule has 0 bridgehead atoms. The van der Waals surface area contributed by atoms with Crippen molar-refractivity contribution in [2.75, 3.05) is 5.32 Å². The van der Waals surface area contributed by atoms with E-state index in [1.165, 1.54) is 11.3 Å². The molecule has 2 rings (SSSR count). The number of nitrogens with one attached hydrogen (secondary N) is 1. The Bertz CT molecular complexity index is 648. The molecule has 0 unspecified atom stereocenters. The second-order valence-corrected chi connectivity index (χ2v) is 6.10. The zero-order chi connectivity index (χ0) is 13.1. The summed E-state index contributed by atoms with van der Waals surface area (Å²) >= 11 is 10.6. The molecular formula is C12H6BrClN2OS. The van der Waals surface area contributed by atoms with E-state index < -0.39 is 0 Å². The van der Waals surface area contributed by atoms with Crippen LogP contribution in [0.3, 0.4) is 0 Å². The molecule has 0 radical (unpaired) electrons. The zero-order valence-corrected chi connectivity index (χ0v) is 12.1. The summed E-state index contributed by atoms with van der Waals surface area (Å²) in [6.45, 7) is 0. The average molecular weight is 342 g/mol. The van der Waals surface area contributed by atoms with Crippen molar-refractivity contribution in [2.24, 2.45) is 0 Å². The van der Waals surface area contributed by atoms with Crippen LogP contribution in [-0.2, 0) is 0 Å². The Kier molecular flexibility index (Phi) is 4.02. The molecule has 1 N–H and O–H groups in total. The maximum Gasteiger partial charge on any atom is 0.256 e. The molecule has 6 heteroatoms. The molecule has 1 heterocycles. The normalized spacial score (nSPS) is 9.83. The number of carbonyl (C=O) groups is 1. The van der Waals surface area contributed by atoms with E-state index in [9.17, 15) is 4.79 Å². The standard InChI is InChI=1S/C12H6BrClN2OS/c13-11-3-8(6-18-11)12(17)16-9-2-1-7(5-15)10(14)4-9/h1-4,6H,(H,16,17). The number of hydrogen-bond acceptors (Lipinski definition) is 3. The first-order valence-electron chi connectivity index (χ1n) is 4.85. The molecule has 1 aromatic heterocycles. The quantitative estimate of drug-likeness (QED) is 0.886. The predicted octanol–water partition coefficient (Wildman–Crippen LogP) is 4.29. The second kappa shape index (κ2) is 5.53. The number of nitriles is 1. The van der Waals surface area contributed by atoms with Gasteiger partial charge in [0.25, 0.3) is 5.91 Å². The number of halogens is 2. The summed E-state index contributed by atoms with van der Waals surface area (Å²) in [6.07, 6.45) is 0. The molecule has 0 aliphatic heterocycles. The van der Waals surface area contributed by atoms with E-state index >= 15 is 0 Å². The highest BCUT2D eigenvalue weighted by Crippen LogP contribution is 2.23. The average Bonchev–Trinajstić information content (AvgIpc) is 2.76. The van der Waals surface area contributed by atoms with Gasteiger partial charge in [0.1, 0.15) is 6.07 Å². The Morgan fingerprint density at radius 3 is 2.78 bits per heavy atom. The van der Waals surface area contributed by atoms with Gasteiger partial charge in [-0.2, -0.15) is 5.26 Å². The minimum atomic E-state index is -0.210. The molecule has 3 nitrogen and oxygen atoms in total. The maximum atomic E-state index is 11.9. The van der Waals surface area contributed by atoms with Crippen LogP contribution in [0.4, 0.5) is 5.69 Å². The fraction of sp³-hybridized carbons (Fsp3) is 0. The third-order valence-corrected chi connectivity index (χ3v) is 3.99. The number of nitrogens with zero attached hydrogens (tertiary/aromatic N) is 1. The smallest absolute Gasteiger partial charge is 0.256 e. The lowest BCUT2D eigenvalue weighted by Crippen LogP contribution is -2.10. The van der Waals surface area contributed by atoms with Crippen molar-refractivity contribution in [1.29, 1.82) is 5.26 Å². The molecule has 1 aromatic carbocycles. The summed E-state index contributed by atoms with van der Waals surface area (Å²) in [5.41, 5.74) is 1.52. The van der Waals surface area contributed by atoms with Crippen molar-refractivity contribution >= 4 is 50.5 Å². The van der Waals surface area contributed by atoms with Crippen LogP contribution in [-0.4, -0.2) is 5.91 Å². The second-order valence-electron chi connectivity index (χ2n) is 3.40. The third-order valence-electron chi connectivity index (χ3n) is 2.18. The molecule has 0 saturated heterocycles. The van der Waals surface area contributed by atoms with E-state index in [1.807, 2.05) is 6.07 Å². The van der Waals surface area contributed by atoms with E-state index in [1.54, 1.807) is 29.6 Å². The number of benzene rings is 1. The van der Waals surface area contributed by atoms with Gasteiger partial charge in [-0.15, -0.1) is 11.3 Å². The third kappa shape index (κ3) is 2.91. The number of rotatable bonds is 2. The molecule has 0 fully saturated rings. The van der Waals surface area contributed by atoms with Crippen LogP contribution >= 0.6 is 38.9 Å². The van der Waals surface area contributed by atoms with Crippen molar-refractivity contribution < 1.29 is 4.79 Å². The zero-order valence-electron chi connectivity index (χ0n) is 8.91. The van der Waals surface area contributed by atoms with Crippen LogP contribution in [0.2, 0.25) is 5.02 Å². The highest BCUT2D eigenvalue weighted by atomic mass is 79.9. The van der Waals surface area contributed by atoms with Crippen LogP contribution in [0.15, 0.2) is 33.4 Å². The monoisotopic (exact) mass is 340 g/mol. The number of hydrogen-bond donors (Lipinski definition) is 1. The topological polar surface area (TPSA) is 52.9 Å². The van der Waals surface area contributed by atoms with E-state index in [-0.39, 0.29) is 5.91 Å². The van der Waals surface area contributed by atoms with E-state index in [0.717, 1.165) is 3.79 Å². The van der Waals surface area contributed by atoms with Gasteiger partial charge in [-0.3, -0.25) is 4.79 Å². The molecule has 0 aliphatic rings. The summed E-state index contributed by atoms with van der Waals surface area (Å²) in [4.78, 5) is 11.9. The summed E-state index contributed by atoms with van der Waals surface area (Å²) in [5.74, 6) is -0.210. The largest absolute Gasteiger partial charge is 0.322 e. The van der Waals surface area contributed by atoms with Crippen LogP contribution in [0.5, 0.6) is 0 Å². The van der Waals surface area contributed by atoms with Gasteiger partial charge in [-0.05, 0) is 40.2 Å². The lowest BCUT2D eigenvalue weighted by atomic mass is 10.2. The van der Waals surface area contributed by atoms with Gasteiger partial charge in [0.2, 0.25) is 0 Å². The van der Waals surface area contributed by atoms with Gasteiger partial charge < -0.3 is 5.32 Å². The number of thiophene rings is 1. The molecular weight excluding hydrogens is 336 g/mol. The summed E-state index contributed by atoms with van der Waals surface area (Å²) in [5, 5.41) is 13.5. The molecule has 0 saturated carbocycles. The van der Waals surface area contributed by atoms with Crippen molar-refractivity contribution in [3.05, 3.63) is 49.6 Å². The molecule has 2 aromatic rings. The molecule has 0 atom stereocenters. The Morgan fingerprint density at radius 2 is 2.22 bits per heavy atom. The van der Waals surface area contributed by atoms with Gasteiger partial charge in [0.05, 0.1) is 19.9 Å². The van der Waals surface area contributed by atoms with Crippen molar-refractivity contribution in [3.8, 4) is 6.07 Å². The first kappa shape index (κ1) is 13.1. The molecule has 18 heavy (non-hydrogen) atoms. The first-order chi connectivity index (χ1) is 8.60. The van der Waals surface area contributed by atoms with Gasteiger partial charge in [-0.25, -0.2) is 0 Å². The Labute approximate surface area is 121 Å². The van der Waals surface area contributed by atoms with Gasteiger partial charge in [0.15, 0.2) is 0 Å². The van der Waals surface area contributed by atoms with Crippen LogP contribution in [0.1, 0.15) is 15.9 Å². The van der Waals surface area contributed by atoms with Crippen LogP contribution < -0.4 is 5.32 Å². The van der Waals surface area contributed by atoms with Crippen LogP contribution in [0, 0.1) is 11.3 Å². The van der Waals surface area contributed by atoms with Crippen molar-refractivity contribution in [2.45, 2.75) is 0 Å². The molecule has 0 spiro atoms. The highest BCUT2D eigenvalue weighted by Gasteiger charge is 2.09. The Balaban J connectivity index is 2.17.